The third-order valence-corrected chi connectivity index (χ3v) is 9.79. The van der Waals surface area contributed by atoms with Gasteiger partial charge in [0.05, 0.1) is 0 Å². The van der Waals surface area contributed by atoms with Crippen molar-refractivity contribution in [3.63, 3.8) is 0 Å². The van der Waals surface area contributed by atoms with Crippen molar-refractivity contribution in [1.82, 2.24) is 0 Å². The Hall–Kier alpha value is -5.20. The van der Waals surface area contributed by atoms with Gasteiger partial charge in [-0.3, -0.25) is 0 Å². The van der Waals surface area contributed by atoms with Crippen LogP contribution in [0.4, 0.5) is 0 Å². The molecule has 0 heterocycles. The summed E-state index contributed by atoms with van der Waals surface area (Å²) >= 11 is 0. The third kappa shape index (κ3) is 3.57. The van der Waals surface area contributed by atoms with Crippen molar-refractivity contribution in [2.45, 2.75) is 19.3 Å². The predicted molar refractivity (Wildman–Crippen MR) is 184 cm³/mol. The highest BCUT2D eigenvalue weighted by Crippen LogP contribution is 2.49. The van der Waals surface area contributed by atoms with Crippen LogP contribution in [0.5, 0.6) is 0 Å². The smallest absolute Gasteiger partial charge is 0.0159 e. The molecule has 0 radical (unpaired) electrons. The van der Waals surface area contributed by atoms with Crippen LogP contribution in [-0.2, 0) is 5.41 Å². The number of benzene rings is 8. The fourth-order valence-corrected chi connectivity index (χ4v) is 7.63. The molecule has 0 spiro atoms. The first-order valence-corrected chi connectivity index (χ1v) is 15.2. The molecule has 0 atom stereocenters. The molecule has 202 valence electrons. The van der Waals surface area contributed by atoms with E-state index in [0.29, 0.717) is 0 Å². The molecule has 0 bridgehead atoms. The van der Waals surface area contributed by atoms with E-state index in [1.807, 2.05) is 0 Å². The Morgan fingerprint density at radius 2 is 0.930 bits per heavy atom. The van der Waals surface area contributed by atoms with E-state index >= 15 is 0 Å². The second-order valence-corrected chi connectivity index (χ2v) is 12.6. The minimum absolute atomic E-state index is 0.00655. The molecular formula is C43H30. The quantitative estimate of drug-likeness (QED) is 0.193. The lowest BCUT2D eigenvalue weighted by Crippen LogP contribution is -2.14. The van der Waals surface area contributed by atoms with Gasteiger partial charge in [-0.15, -0.1) is 0 Å². The summed E-state index contributed by atoms with van der Waals surface area (Å²) in [7, 11) is 0. The molecule has 8 aromatic carbocycles. The maximum atomic E-state index is 2.41. The molecule has 0 saturated carbocycles. The maximum Gasteiger partial charge on any atom is 0.0159 e. The summed E-state index contributed by atoms with van der Waals surface area (Å²) in [6, 6.07) is 54.2. The molecule has 0 aromatic heterocycles. The largest absolute Gasteiger partial charge is 0.0619 e. The highest BCUT2D eigenvalue weighted by molar-refractivity contribution is 6.26. The van der Waals surface area contributed by atoms with E-state index in [9.17, 15) is 0 Å². The first kappa shape index (κ1) is 24.4. The van der Waals surface area contributed by atoms with E-state index in [4.69, 9.17) is 0 Å². The number of fused-ring (bicyclic) bond motifs is 3. The van der Waals surface area contributed by atoms with Gasteiger partial charge in [0.25, 0.3) is 0 Å². The Bertz CT molecular complexity index is 2370. The van der Waals surface area contributed by atoms with Crippen molar-refractivity contribution in [3.05, 3.63) is 157 Å². The summed E-state index contributed by atoms with van der Waals surface area (Å²) in [6.45, 7) is 4.70. The van der Waals surface area contributed by atoms with Gasteiger partial charge in [0.2, 0.25) is 0 Å². The minimum Gasteiger partial charge on any atom is -0.0619 e. The summed E-state index contributed by atoms with van der Waals surface area (Å²) in [4.78, 5) is 0. The van der Waals surface area contributed by atoms with Gasteiger partial charge < -0.3 is 0 Å². The second kappa shape index (κ2) is 8.90. The molecule has 0 N–H and O–H groups in total. The summed E-state index contributed by atoms with van der Waals surface area (Å²) < 4.78 is 0. The normalized spacial score (nSPS) is 13.5. The molecule has 0 amide bonds. The molecule has 43 heavy (non-hydrogen) atoms. The fraction of sp³-hybridized carbons (Fsp3) is 0.0698. The van der Waals surface area contributed by atoms with E-state index in [2.05, 4.69) is 159 Å². The van der Waals surface area contributed by atoms with Crippen molar-refractivity contribution in [2.75, 3.05) is 0 Å². The van der Waals surface area contributed by atoms with Crippen LogP contribution in [0.15, 0.2) is 146 Å². The SMILES string of the molecule is CC1(C)c2ccccc2-c2ccc(-c3cccc(-c4cccc(-c5cc6cccc7ccc8cccc5c8c76)c4)c3)cc21. The van der Waals surface area contributed by atoms with Gasteiger partial charge in [-0.2, -0.15) is 0 Å². The summed E-state index contributed by atoms with van der Waals surface area (Å²) in [5, 5.41) is 7.94. The van der Waals surface area contributed by atoms with Gasteiger partial charge in [-0.25, -0.2) is 0 Å². The second-order valence-electron chi connectivity index (χ2n) is 12.6. The highest BCUT2D eigenvalue weighted by atomic mass is 14.4. The molecule has 1 aliphatic rings. The highest BCUT2D eigenvalue weighted by Gasteiger charge is 2.35. The van der Waals surface area contributed by atoms with Crippen LogP contribution in [0, 0.1) is 0 Å². The standard InChI is InChI=1S/C43H30/c1-43(2)39-18-4-3-16-35(39)36-22-21-32(26-40(36)43)30-12-6-11-29(23-30)31-13-7-14-33(24-31)38-25-34-15-5-9-27-19-20-28-10-8-17-37(38)42(28)41(27)34/h3-26H,1-2H3. The van der Waals surface area contributed by atoms with Gasteiger partial charge in [0.1, 0.15) is 0 Å². The number of hydrogen-bond acceptors (Lipinski definition) is 0. The van der Waals surface area contributed by atoms with Crippen LogP contribution in [0.25, 0.3) is 76.8 Å². The monoisotopic (exact) mass is 546 g/mol. The van der Waals surface area contributed by atoms with E-state index in [-0.39, 0.29) is 5.41 Å². The van der Waals surface area contributed by atoms with Crippen molar-refractivity contribution in [1.29, 1.82) is 0 Å². The fourth-order valence-electron chi connectivity index (χ4n) is 7.63. The van der Waals surface area contributed by atoms with Gasteiger partial charge >= 0.3 is 0 Å². The number of hydrogen-bond donors (Lipinski definition) is 0. The van der Waals surface area contributed by atoms with Crippen molar-refractivity contribution < 1.29 is 0 Å². The van der Waals surface area contributed by atoms with E-state index < -0.39 is 0 Å². The first-order chi connectivity index (χ1) is 21.1. The molecule has 0 aliphatic heterocycles. The molecule has 0 fully saturated rings. The van der Waals surface area contributed by atoms with Crippen LogP contribution in [0.1, 0.15) is 25.0 Å². The van der Waals surface area contributed by atoms with Crippen LogP contribution in [-0.4, -0.2) is 0 Å². The van der Waals surface area contributed by atoms with Crippen LogP contribution in [0.3, 0.4) is 0 Å². The van der Waals surface area contributed by atoms with Crippen LogP contribution in [0.2, 0.25) is 0 Å². The van der Waals surface area contributed by atoms with E-state index in [1.54, 1.807) is 0 Å². The average molecular weight is 547 g/mol. The van der Waals surface area contributed by atoms with Crippen molar-refractivity contribution >= 4 is 32.3 Å². The Labute approximate surface area is 252 Å². The van der Waals surface area contributed by atoms with Gasteiger partial charge in [-0.1, -0.05) is 135 Å². The zero-order chi connectivity index (χ0) is 28.7. The third-order valence-electron chi connectivity index (χ3n) is 9.79. The zero-order valence-electron chi connectivity index (χ0n) is 24.4. The Morgan fingerprint density at radius 3 is 1.72 bits per heavy atom. The molecular weight excluding hydrogens is 516 g/mol. The van der Waals surface area contributed by atoms with Gasteiger partial charge in [0, 0.05) is 5.41 Å². The lowest BCUT2D eigenvalue weighted by Gasteiger charge is -2.22. The topological polar surface area (TPSA) is 0 Å². The van der Waals surface area contributed by atoms with Gasteiger partial charge in [0.15, 0.2) is 0 Å². The molecule has 0 saturated heterocycles. The van der Waals surface area contributed by atoms with Crippen molar-refractivity contribution in [2.24, 2.45) is 0 Å². The number of rotatable bonds is 3. The Kier molecular flexibility index (Phi) is 5.05. The zero-order valence-corrected chi connectivity index (χ0v) is 24.4. The molecule has 9 rings (SSSR count). The molecule has 0 nitrogen and oxygen atoms in total. The minimum atomic E-state index is -0.00655. The maximum absolute atomic E-state index is 2.41. The lowest BCUT2D eigenvalue weighted by atomic mass is 9.81. The molecule has 0 unspecified atom stereocenters. The molecule has 8 aromatic rings. The van der Waals surface area contributed by atoms with Crippen LogP contribution < -0.4 is 0 Å². The first-order valence-electron chi connectivity index (χ1n) is 15.2. The Balaban J connectivity index is 1.15. The molecule has 1 aliphatic carbocycles. The summed E-state index contributed by atoms with van der Waals surface area (Å²) in [5.74, 6) is 0. The van der Waals surface area contributed by atoms with Gasteiger partial charge in [-0.05, 0) is 112 Å². The lowest BCUT2D eigenvalue weighted by molar-refractivity contribution is 0.660. The molecule has 0 heteroatoms. The van der Waals surface area contributed by atoms with E-state index in [1.165, 1.54) is 88.0 Å². The summed E-state index contributed by atoms with van der Waals surface area (Å²) in [5.41, 5.74) is 13.1. The average Bonchev–Trinajstić information content (AvgIpc) is 3.29. The van der Waals surface area contributed by atoms with Crippen molar-refractivity contribution in [3.8, 4) is 44.5 Å². The van der Waals surface area contributed by atoms with E-state index in [0.717, 1.165) is 0 Å². The summed E-state index contributed by atoms with van der Waals surface area (Å²) in [6.07, 6.45) is 0. The van der Waals surface area contributed by atoms with Crippen LogP contribution >= 0.6 is 0 Å². The Morgan fingerprint density at radius 1 is 0.349 bits per heavy atom. The predicted octanol–water partition coefficient (Wildman–Crippen LogP) is 11.9.